The summed E-state index contributed by atoms with van der Waals surface area (Å²) in [7, 11) is 0. The quantitative estimate of drug-likeness (QED) is 0.439. The summed E-state index contributed by atoms with van der Waals surface area (Å²) in [4.78, 5) is 0. The molecule has 0 bridgehead atoms. The smallest absolute Gasteiger partial charge is 0.118 e. The van der Waals surface area contributed by atoms with Crippen molar-refractivity contribution in [2.24, 2.45) is 5.73 Å². The first-order chi connectivity index (χ1) is 3.89. The maximum atomic E-state index is 5.45. The van der Waals surface area contributed by atoms with Gasteiger partial charge in [-0.1, -0.05) is 0 Å². The molecule has 1 saturated heterocycles. The normalized spacial score (nSPS) is 31.9. The van der Waals surface area contributed by atoms with Gasteiger partial charge in [0.25, 0.3) is 0 Å². The second-order valence-electron chi connectivity index (χ2n) is 1.97. The third-order valence-corrected chi connectivity index (χ3v) is 1.18. The van der Waals surface area contributed by atoms with Crippen molar-refractivity contribution in [2.75, 3.05) is 19.7 Å². The van der Waals surface area contributed by atoms with E-state index in [0.717, 1.165) is 26.1 Å². The Morgan fingerprint density at radius 2 is 2.50 bits per heavy atom. The minimum Gasteiger partial charge on any atom is -0.362 e. The first kappa shape index (κ1) is 6.01. The van der Waals surface area contributed by atoms with Crippen LogP contribution in [0.15, 0.2) is 0 Å². The van der Waals surface area contributed by atoms with Crippen LogP contribution >= 0.6 is 0 Å². The first-order valence-electron chi connectivity index (χ1n) is 2.97. The fraction of sp³-hybridized carbons (Fsp3) is 1.00. The van der Waals surface area contributed by atoms with Crippen molar-refractivity contribution >= 4 is 0 Å². The molecule has 1 heterocycles. The molecule has 3 heteroatoms. The molecule has 3 nitrogen and oxygen atoms in total. The van der Waals surface area contributed by atoms with E-state index in [1.54, 1.807) is 0 Å². The predicted molar refractivity (Wildman–Crippen MR) is 31.4 cm³/mol. The predicted octanol–water partition coefficient (Wildman–Crippen LogP) is -0.719. The molecule has 1 atom stereocenters. The minimum atomic E-state index is -0.0856. The van der Waals surface area contributed by atoms with Crippen LogP contribution in [0.1, 0.15) is 6.42 Å². The van der Waals surface area contributed by atoms with Crippen LogP contribution in [0.4, 0.5) is 0 Å². The molecule has 1 rings (SSSR count). The van der Waals surface area contributed by atoms with Crippen LogP contribution in [0.25, 0.3) is 0 Å². The van der Waals surface area contributed by atoms with Crippen molar-refractivity contribution in [1.29, 1.82) is 0 Å². The topological polar surface area (TPSA) is 47.3 Å². The van der Waals surface area contributed by atoms with Gasteiger partial charge in [0.1, 0.15) is 6.23 Å². The molecular weight excluding hydrogens is 104 g/mol. The van der Waals surface area contributed by atoms with E-state index in [9.17, 15) is 0 Å². The molecule has 1 fully saturated rings. The molecule has 1 aliphatic heterocycles. The van der Waals surface area contributed by atoms with Crippen LogP contribution in [-0.4, -0.2) is 25.9 Å². The molecule has 0 amide bonds. The van der Waals surface area contributed by atoms with Gasteiger partial charge in [-0.25, -0.2) is 0 Å². The zero-order chi connectivity index (χ0) is 5.82. The highest BCUT2D eigenvalue weighted by Crippen LogP contribution is 1.89. The third-order valence-electron chi connectivity index (χ3n) is 1.18. The van der Waals surface area contributed by atoms with Gasteiger partial charge >= 0.3 is 0 Å². The third kappa shape index (κ3) is 1.78. The van der Waals surface area contributed by atoms with E-state index in [1.165, 1.54) is 0 Å². The highest BCUT2D eigenvalue weighted by molar-refractivity contribution is 4.57. The van der Waals surface area contributed by atoms with Crippen LogP contribution in [0.5, 0.6) is 0 Å². The summed E-state index contributed by atoms with van der Waals surface area (Å²) in [5, 5.41) is 3.15. The van der Waals surface area contributed by atoms with Gasteiger partial charge in [-0.15, -0.1) is 0 Å². The van der Waals surface area contributed by atoms with Gasteiger partial charge in [-0.3, -0.25) is 0 Å². The lowest BCUT2D eigenvalue weighted by atomic mass is 10.5. The Labute approximate surface area is 49.2 Å². The summed E-state index contributed by atoms with van der Waals surface area (Å²) in [6.45, 7) is 2.63. The average molecular weight is 116 g/mol. The van der Waals surface area contributed by atoms with E-state index in [0.29, 0.717) is 0 Å². The Morgan fingerprint density at radius 1 is 1.62 bits per heavy atom. The Kier molecular flexibility index (Phi) is 2.27. The molecule has 0 aromatic rings. The zero-order valence-electron chi connectivity index (χ0n) is 4.89. The van der Waals surface area contributed by atoms with Crippen molar-refractivity contribution in [2.45, 2.75) is 12.6 Å². The van der Waals surface area contributed by atoms with Crippen molar-refractivity contribution in [3.05, 3.63) is 0 Å². The van der Waals surface area contributed by atoms with E-state index < -0.39 is 0 Å². The Balaban J connectivity index is 2.17. The largest absolute Gasteiger partial charge is 0.362 e. The maximum Gasteiger partial charge on any atom is 0.118 e. The van der Waals surface area contributed by atoms with Crippen molar-refractivity contribution < 1.29 is 4.74 Å². The van der Waals surface area contributed by atoms with Crippen molar-refractivity contribution in [1.82, 2.24) is 5.32 Å². The molecule has 0 radical (unpaired) electrons. The molecule has 48 valence electrons. The fourth-order valence-corrected chi connectivity index (χ4v) is 0.735. The van der Waals surface area contributed by atoms with Crippen LogP contribution in [0.3, 0.4) is 0 Å². The highest BCUT2D eigenvalue weighted by Gasteiger charge is 2.04. The van der Waals surface area contributed by atoms with Gasteiger partial charge in [-0.2, -0.15) is 0 Å². The number of rotatable bonds is 0. The molecule has 3 N–H and O–H groups in total. The number of ether oxygens (including phenoxy) is 1. The van der Waals surface area contributed by atoms with Crippen molar-refractivity contribution in [3.63, 3.8) is 0 Å². The Morgan fingerprint density at radius 3 is 3.38 bits per heavy atom. The van der Waals surface area contributed by atoms with E-state index in [1.807, 2.05) is 0 Å². The molecule has 1 unspecified atom stereocenters. The minimum absolute atomic E-state index is 0.0856. The maximum absolute atomic E-state index is 5.45. The molecule has 0 aliphatic carbocycles. The van der Waals surface area contributed by atoms with Gasteiger partial charge in [0.15, 0.2) is 0 Å². The summed E-state index contributed by atoms with van der Waals surface area (Å²) >= 11 is 0. The van der Waals surface area contributed by atoms with Crippen molar-refractivity contribution in [3.8, 4) is 0 Å². The zero-order valence-corrected chi connectivity index (χ0v) is 4.89. The molecule has 0 spiro atoms. The number of nitrogens with one attached hydrogen (secondary N) is 1. The van der Waals surface area contributed by atoms with Gasteiger partial charge in [0.05, 0.1) is 0 Å². The SMILES string of the molecule is NC1CNCCCO1. The van der Waals surface area contributed by atoms with Crippen LogP contribution < -0.4 is 11.1 Å². The molecule has 8 heavy (non-hydrogen) atoms. The van der Waals surface area contributed by atoms with Gasteiger partial charge in [0.2, 0.25) is 0 Å². The lowest BCUT2D eigenvalue weighted by Gasteiger charge is -2.06. The second-order valence-corrected chi connectivity index (χ2v) is 1.97. The Hall–Kier alpha value is -0.120. The highest BCUT2D eigenvalue weighted by atomic mass is 16.5. The lowest BCUT2D eigenvalue weighted by molar-refractivity contribution is 0.0720. The molecular formula is C5H12N2O. The van der Waals surface area contributed by atoms with Gasteiger partial charge in [-0.05, 0) is 13.0 Å². The van der Waals surface area contributed by atoms with E-state index in [-0.39, 0.29) is 6.23 Å². The summed E-state index contributed by atoms with van der Waals surface area (Å²) in [5.41, 5.74) is 5.45. The fourth-order valence-electron chi connectivity index (χ4n) is 0.735. The summed E-state index contributed by atoms with van der Waals surface area (Å²) in [6, 6.07) is 0. The van der Waals surface area contributed by atoms with E-state index in [2.05, 4.69) is 5.32 Å². The van der Waals surface area contributed by atoms with Gasteiger partial charge in [0, 0.05) is 13.2 Å². The van der Waals surface area contributed by atoms with E-state index in [4.69, 9.17) is 10.5 Å². The number of nitrogens with two attached hydrogens (primary N) is 1. The van der Waals surface area contributed by atoms with E-state index >= 15 is 0 Å². The molecule has 1 aliphatic rings. The molecule has 0 aromatic heterocycles. The lowest BCUT2D eigenvalue weighted by Crippen LogP contribution is -2.33. The monoisotopic (exact) mass is 116 g/mol. The Bertz CT molecular complexity index is 59.4. The standard InChI is InChI=1S/C5H12N2O/c6-5-4-7-2-1-3-8-5/h5,7H,1-4,6H2. The van der Waals surface area contributed by atoms with Crippen LogP contribution in [0.2, 0.25) is 0 Å². The number of hydrogen-bond acceptors (Lipinski definition) is 3. The van der Waals surface area contributed by atoms with Crippen LogP contribution in [-0.2, 0) is 4.74 Å². The molecule has 0 aromatic carbocycles. The first-order valence-corrected chi connectivity index (χ1v) is 2.97. The summed E-state index contributed by atoms with van der Waals surface area (Å²) in [6.07, 6.45) is 0.991. The summed E-state index contributed by atoms with van der Waals surface area (Å²) < 4.78 is 5.12. The molecule has 0 saturated carbocycles. The van der Waals surface area contributed by atoms with Crippen LogP contribution in [0, 0.1) is 0 Å². The number of hydrogen-bond donors (Lipinski definition) is 2. The second kappa shape index (κ2) is 3.02. The average Bonchev–Trinajstić information content (AvgIpc) is 1.94. The summed E-state index contributed by atoms with van der Waals surface area (Å²) in [5.74, 6) is 0. The van der Waals surface area contributed by atoms with Gasteiger partial charge < -0.3 is 15.8 Å².